The Morgan fingerprint density at radius 3 is 0.732 bits per heavy atom. The highest BCUT2D eigenvalue weighted by molar-refractivity contribution is 7.47. The van der Waals surface area contributed by atoms with E-state index in [9.17, 15) is 43.2 Å². The smallest absolute Gasteiger partial charge is 0.462 e. The van der Waals surface area contributed by atoms with Crippen LogP contribution in [0.3, 0.4) is 0 Å². The number of ether oxygens (including phenoxy) is 4. The number of unbranched alkanes of at least 4 members (excludes halogenated alkanes) is 40. The van der Waals surface area contributed by atoms with Gasteiger partial charge in [0, 0.05) is 25.7 Å². The molecule has 4 unspecified atom stereocenters. The molecule has 0 amide bonds. The second kappa shape index (κ2) is 67.2. The van der Waals surface area contributed by atoms with E-state index in [2.05, 4.69) is 55.4 Å². The molecular formula is C78H152O17P2. The first-order valence-electron chi connectivity index (χ1n) is 40.2. The van der Waals surface area contributed by atoms with Gasteiger partial charge in [0.2, 0.25) is 0 Å². The number of aliphatic hydroxyl groups is 1. The maximum absolute atomic E-state index is 13.1. The average Bonchev–Trinajstić information content (AvgIpc) is 2.39. The third kappa shape index (κ3) is 70.9. The molecule has 6 atom stereocenters. The standard InChI is InChI=1S/C78H152O17P2/c1-9-71(8)57-49-41-33-27-28-36-45-53-61-78(83)95-74(65-89-76(81)59-51-43-37-29-32-40-48-56-70(6)7)67-93-97(86,87)91-63-72(79)62-90-96(84,85)92-66-73(94-77(82)60-52-44-35-26-22-18-14-13-16-20-24-31-39-47-55-69(4)5)64-88-75(80)58-50-42-34-25-21-17-12-10-11-15-19-23-30-38-46-54-68(2)3/h68-74,79H,9-67H2,1-8H3,(H,84,85)(H,86,87)/t71?,72?,73-,74-/m1/s1. The molecule has 0 saturated carbocycles. The molecule has 0 rings (SSSR count). The molecule has 0 aliphatic carbocycles. The minimum absolute atomic E-state index is 0.104. The summed E-state index contributed by atoms with van der Waals surface area (Å²) in [6, 6.07) is 0. The zero-order chi connectivity index (χ0) is 71.7. The topological polar surface area (TPSA) is 237 Å². The Kier molecular flexibility index (Phi) is 65.9. The molecule has 0 bridgehead atoms. The Balaban J connectivity index is 5.24. The third-order valence-corrected chi connectivity index (χ3v) is 20.3. The second-order valence-electron chi connectivity index (χ2n) is 29.8. The normalized spacial score (nSPS) is 14.4. The predicted molar refractivity (Wildman–Crippen MR) is 395 cm³/mol. The molecule has 0 radical (unpaired) electrons. The van der Waals surface area contributed by atoms with E-state index in [0.29, 0.717) is 31.6 Å². The van der Waals surface area contributed by atoms with E-state index >= 15 is 0 Å². The number of carbonyl (C=O) groups excluding carboxylic acids is 4. The number of rotatable bonds is 75. The van der Waals surface area contributed by atoms with Gasteiger partial charge in [0.05, 0.1) is 26.4 Å². The largest absolute Gasteiger partial charge is 0.472 e. The molecule has 97 heavy (non-hydrogen) atoms. The van der Waals surface area contributed by atoms with Gasteiger partial charge < -0.3 is 33.8 Å². The highest BCUT2D eigenvalue weighted by Crippen LogP contribution is 2.45. The van der Waals surface area contributed by atoms with Crippen molar-refractivity contribution < 1.29 is 80.2 Å². The highest BCUT2D eigenvalue weighted by atomic mass is 31.2. The predicted octanol–water partition coefficient (Wildman–Crippen LogP) is 22.8. The average molecular weight is 1420 g/mol. The Morgan fingerprint density at radius 1 is 0.289 bits per heavy atom. The number of carbonyl (C=O) groups is 4. The van der Waals surface area contributed by atoms with E-state index < -0.39 is 97.5 Å². The van der Waals surface area contributed by atoms with Crippen molar-refractivity contribution in [2.45, 2.75) is 414 Å². The van der Waals surface area contributed by atoms with Crippen LogP contribution in [0.15, 0.2) is 0 Å². The highest BCUT2D eigenvalue weighted by Gasteiger charge is 2.30. The summed E-state index contributed by atoms with van der Waals surface area (Å²) in [6.45, 7) is 14.2. The van der Waals surface area contributed by atoms with Gasteiger partial charge in [-0.25, -0.2) is 9.13 Å². The van der Waals surface area contributed by atoms with Crippen molar-refractivity contribution >= 4 is 39.5 Å². The number of hydrogen-bond donors (Lipinski definition) is 3. The molecule has 0 aromatic heterocycles. The molecule has 0 spiro atoms. The van der Waals surface area contributed by atoms with E-state index in [1.807, 2.05) is 0 Å². The maximum Gasteiger partial charge on any atom is 0.472 e. The third-order valence-electron chi connectivity index (χ3n) is 18.4. The van der Waals surface area contributed by atoms with Gasteiger partial charge in [-0.05, 0) is 49.4 Å². The molecule has 3 N–H and O–H groups in total. The minimum atomic E-state index is -4.96. The van der Waals surface area contributed by atoms with Crippen molar-refractivity contribution in [3.8, 4) is 0 Å². The summed E-state index contributed by atoms with van der Waals surface area (Å²) in [4.78, 5) is 72.9. The summed E-state index contributed by atoms with van der Waals surface area (Å²) in [5, 5.41) is 10.6. The molecule has 0 aliphatic heterocycles. The molecule has 0 aliphatic rings. The van der Waals surface area contributed by atoms with Gasteiger partial charge in [0.1, 0.15) is 19.3 Å². The lowest BCUT2D eigenvalue weighted by Gasteiger charge is -2.21. The van der Waals surface area contributed by atoms with Crippen molar-refractivity contribution in [2.75, 3.05) is 39.6 Å². The number of phosphoric ester groups is 2. The van der Waals surface area contributed by atoms with Crippen LogP contribution in [-0.4, -0.2) is 96.7 Å². The van der Waals surface area contributed by atoms with Gasteiger partial charge in [-0.3, -0.25) is 37.3 Å². The summed E-state index contributed by atoms with van der Waals surface area (Å²) >= 11 is 0. The molecule has 0 aromatic rings. The van der Waals surface area contributed by atoms with Crippen LogP contribution >= 0.6 is 15.6 Å². The molecule has 0 aromatic carbocycles. The van der Waals surface area contributed by atoms with E-state index in [0.717, 1.165) is 114 Å². The van der Waals surface area contributed by atoms with Gasteiger partial charge in [-0.15, -0.1) is 0 Å². The summed E-state index contributed by atoms with van der Waals surface area (Å²) in [6.07, 6.45) is 52.8. The summed E-state index contributed by atoms with van der Waals surface area (Å²) < 4.78 is 68.6. The van der Waals surface area contributed by atoms with E-state index in [4.69, 9.17) is 37.0 Å². The molecule has 0 saturated heterocycles. The SMILES string of the molecule is CCC(C)CCCCCCCCCCC(=O)O[C@H](COC(=O)CCCCCCCCCC(C)C)COP(=O)(O)OCC(O)COP(=O)(O)OC[C@@H](COC(=O)CCCCCCCCCCCCCCCCCC(C)C)OC(=O)CCCCCCCCCCCCCCCCC(C)C. The van der Waals surface area contributed by atoms with Crippen molar-refractivity contribution in [3.05, 3.63) is 0 Å². The van der Waals surface area contributed by atoms with Crippen LogP contribution in [0.4, 0.5) is 0 Å². The zero-order valence-corrected chi connectivity index (χ0v) is 65.5. The molecule has 0 fully saturated rings. The second-order valence-corrected chi connectivity index (χ2v) is 32.7. The summed E-state index contributed by atoms with van der Waals surface area (Å²) in [5.74, 6) is 0.956. The number of aliphatic hydroxyl groups excluding tert-OH is 1. The van der Waals surface area contributed by atoms with E-state index in [1.165, 1.54) is 193 Å². The van der Waals surface area contributed by atoms with Gasteiger partial charge in [0.15, 0.2) is 12.2 Å². The Morgan fingerprint density at radius 2 is 0.495 bits per heavy atom. The first kappa shape index (κ1) is 95.1. The van der Waals surface area contributed by atoms with E-state index in [1.54, 1.807) is 0 Å². The fourth-order valence-electron chi connectivity index (χ4n) is 11.9. The number of hydrogen-bond acceptors (Lipinski definition) is 15. The maximum atomic E-state index is 13.1. The Labute approximate surface area is 594 Å². The van der Waals surface area contributed by atoms with Crippen LogP contribution in [0.2, 0.25) is 0 Å². The van der Waals surface area contributed by atoms with Crippen LogP contribution < -0.4 is 0 Å². The molecule has 19 heteroatoms. The van der Waals surface area contributed by atoms with Crippen molar-refractivity contribution in [3.63, 3.8) is 0 Å². The monoisotopic (exact) mass is 1420 g/mol. The van der Waals surface area contributed by atoms with Crippen LogP contribution in [0.25, 0.3) is 0 Å². The fourth-order valence-corrected chi connectivity index (χ4v) is 13.5. The quantitative estimate of drug-likeness (QED) is 0.0222. The van der Waals surface area contributed by atoms with Crippen LogP contribution in [0.1, 0.15) is 396 Å². The molecule has 576 valence electrons. The summed E-state index contributed by atoms with van der Waals surface area (Å²) in [5.41, 5.74) is 0. The van der Waals surface area contributed by atoms with Crippen molar-refractivity contribution in [1.29, 1.82) is 0 Å². The summed E-state index contributed by atoms with van der Waals surface area (Å²) in [7, 11) is -9.92. The van der Waals surface area contributed by atoms with Gasteiger partial charge in [-0.2, -0.15) is 0 Å². The van der Waals surface area contributed by atoms with Crippen molar-refractivity contribution in [1.82, 2.24) is 0 Å². The first-order chi connectivity index (χ1) is 46.6. The zero-order valence-electron chi connectivity index (χ0n) is 63.7. The lowest BCUT2D eigenvalue weighted by molar-refractivity contribution is -0.161. The van der Waals surface area contributed by atoms with E-state index in [-0.39, 0.29) is 25.7 Å². The minimum Gasteiger partial charge on any atom is -0.462 e. The lowest BCUT2D eigenvalue weighted by Crippen LogP contribution is -2.30. The van der Waals surface area contributed by atoms with Crippen LogP contribution in [0, 0.1) is 23.7 Å². The van der Waals surface area contributed by atoms with Crippen molar-refractivity contribution in [2.24, 2.45) is 23.7 Å². The first-order valence-corrected chi connectivity index (χ1v) is 43.2. The molecule has 0 heterocycles. The molecular weight excluding hydrogens is 1270 g/mol. The number of phosphoric acid groups is 2. The molecule has 17 nitrogen and oxygen atoms in total. The van der Waals surface area contributed by atoms with Gasteiger partial charge >= 0.3 is 39.5 Å². The van der Waals surface area contributed by atoms with Crippen LogP contribution in [-0.2, 0) is 65.4 Å². The fraction of sp³-hybridized carbons (Fsp3) is 0.949. The van der Waals surface area contributed by atoms with Gasteiger partial charge in [-0.1, -0.05) is 344 Å². The Bertz CT molecular complexity index is 1900. The van der Waals surface area contributed by atoms with Crippen LogP contribution in [0.5, 0.6) is 0 Å². The number of esters is 4. The lowest BCUT2D eigenvalue weighted by atomic mass is 9.99. The Hall–Kier alpha value is -1.94. The van der Waals surface area contributed by atoms with Gasteiger partial charge in [0.25, 0.3) is 0 Å².